The van der Waals surface area contributed by atoms with Crippen molar-refractivity contribution in [2.45, 2.75) is 77.0 Å². The first-order chi connectivity index (χ1) is 10.1. The fourth-order valence-corrected chi connectivity index (χ4v) is 3.35. The van der Waals surface area contributed by atoms with E-state index in [-0.39, 0.29) is 23.9 Å². The molecule has 1 aliphatic rings. The lowest BCUT2D eigenvalue weighted by atomic mass is 9.92. The molecule has 2 unspecified atom stereocenters. The summed E-state index contributed by atoms with van der Waals surface area (Å²) in [4.78, 5) is 0. The molecule has 1 rings (SSSR count). The lowest BCUT2D eigenvalue weighted by Crippen LogP contribution is -2.44. The second-order valence-corrected chi connectivity index (χ2v) is 12.6. The Bertz CT molecular complexity index is 362. The first-order valence-electron chi connectivity index (χ1n) is 8.37. The van der Waals surface area contributed by atoms with Crippen molar-refractivity contribution in [2.75, 3.05) is 13.2 Å². The maximum atomic E-state index is 9.70. The summed E-state index contributed by atoms with van der Waals surface area (Å²) in [6.07, 6.45) is 4.87. The van der Waals surface area contributed by atoms with E-state index in [1.807, 2.05) is 0 Å². The van der Waals surface area contributed by atoms with Gasteiger partial charge in [-0.05, 0) is 24.6 Å². The number of aliphatic hydroxyl groups is 2. The van der Waals surface area contributed by atoms with Crippen LogP contribution in [0, 0.1) is 5.92 Å². The van der Waals surface area contributed by atoms with E-state index in [0.717, 1.165) is 6.42 Å². The van der Waals surface area contributed by atoms with Gasteiger partial charge >= 0.3 is 0 Å². The predicted octanol–water partition coefficient (Wildman–Crippen LogP) is 3.10. The fraction of sp³-hybridized carbons (Fsp3) is 0.882. The maximum Gasteiger partial charge on any atom is 0.192 e. The monoisotopic (exact) mass is 330 g/mol. The van der Waals surface area contributed by atoms with Crippen LogP contribution in [-0.2, 0) is 9.16 Å². The van der Waals surface area contributed by atoms with Crippen molar-refractivity contribution in [3.05, 3.63) is 12.2 Å². The van der Waals surface area contributed by atoms with Gasteiger partial charge in [0.05, 0.1) is 31.5 Å². The van der Waals surface area contributed by atoms with E-state index >= 15 is 0 Å². The van der Waals surface area contributed by atoms with Crippen molar-refractivity contribution < 1.29 is 19.4 Å². The second kappa shape index (κ2) is 8.06. The van der Waals surface area contributed by atoms with Gasteiger partial charge in [0, 0.05) is 12.3 Å². The number of rotatable bonds is 7. The zero-order valence-corrected chi connectivity index (χ0v) is 16.0. The molecule has 0 saturated heterocycles. The highest BCUT2D eigenvalue weighted by atomic mass is 28.4. The molecule has 0 spiro atoms. The zero-order valence-electron chi connectivity index (χ0n) is 15.0. The molecule has 0 bridgehead atoms. The van der Waals surface area contributed by atoms with Gasteiger partial charge in [0.25, 0.3) is 0 Å². The van der Waals surface area contributed by atoms with Crippen LogP contribution in [0.2, 0.25) is 18.1 Å². The molecule has 22 heavy (non-hydrogen) atoms. The minimum Gasteiger partial charge on any atom is -0.414 e. The van der Waals surface area contributed by atoms with E-state index < -0.39 is 14.4 Å². The lowest BCUT2D eigenvalue weighted by Gasteiger charge is -2.39. The van der Waals surface area contributed by atoms with Gasteiger partial charge in [0.2, 0.25) is 0 Å². The summed E-state index contributed by atoms with van der Waals surface area (Å²) in [6, 6.07) is 0. The van der Waals surface area contributed by atoms with Gasteiger partial charge in [-0.3, -0.25) is 0 Å². The Kier molecular flexibility index (Phi) is 7.27. The van der Waals surface area contributed by atoms with Crippen LogP contribution in [0.15, 0.2) is 12.2 Å². The molecule has 0 aromatic rings. The van der Waals surface area contributed by atoms with Crippen LogP contribution in [0.4, 0.5) is 0 Å². The van der Waals surface area contributed by atoms with E-state index in [2.05, 4.69) is 52.9 Å². The van der Waals surface area contributed by atoms with Gasteiger partial charge in [0.1, 0.15) is 0 Å². The van der Waals surface area contributed by atoms with Crippen molar-refractivity contribution in [1.29, 1.82) is 0 Å². The normalized spacial score (nSPS) is 27.9. The van der Waals surface area contributed by atoms with Gasteiger partial charge in [-0.25, -0.2) is 0 Å². The summed E-state index contributed by atoms with van der Waals surface area (Å²) < 4.78 is 12.3. The first-order valence-corrected chi connectivity index (χ1v) is 11.3. The number of hydrogen-bond donors (Lipinski definition) is 2. The lowest BCUT2D eigenvalue weighted by molar-refractivity contribution is -0.0675. The molecule has 0 radical (unpaired) electrons. The molecule has 130 valence electrons. The van der Waals surface area contributed by atoms with Crippen molar-refractivity contribution in [3.63, 3.8) is 0 Å². The summed E-state index contributed by atoms with van der Waals surface area (Å²) in [5, 5.41) is 18.9. The van der Waals surface area contributed by atoms with Crippen LogP contribution in [0.5, 0.6) is 0 Å². The molecule has 4 atom stereocenters. The highest BCUT2D eigenvalue weighted by Crippen LogP contribution is 2.37. The number of ether oxygens (including phenoxy) is 1. The van der Waals surface area contributed by atoms with E-state index in [9.17, 15) is 5.11 Å². The predicted molar refractivity (Wildman–Crippen MR) is 92.4 cm³/mol. The smallest absolute Gasteiger partial charge is 0.192 e. The van der Waals surface area contributed by atoms with E-state index in [1.165, 1.54) is 0 Å². The molecule has 0 saturated carbocycles. The largest absolute Gasteiger partial charge is 0.414 e. The Balaban J connectivity index is 2.62. The molecule has 0 fully saturated rings. The molecule has 0 aromatic carbocycles. The highest BCUT2D eigenvalue weighted by molar-refractivity contribution is 6.74. The second-order valence-electron chi connectivity index (χ2n) is 7.81. The third kappa shape index (κ3) is 5.46. The average molecular weight is 331 g/mol. The topological polar surface area (TPSA) is 58.9 Å². The molecule has 4 nitrogen and oxygen atoms in total. The molecule has 5 heteroatoms. The van der Waals surface area contributed by atoms with Crippen LogP contribution in [0.3, 0.4) is 0 Å². The minimum atomic E-state index is -1.78. The standard InChI is InChI=1S/C17H34O4Si/c1-7-13-8-9-15(21-16(13)10-14(19)11-18)12-20-22(5,6)17(2,3)4/h8-9,13-16,18-19H,7,10-12H2,1-6H3/t13-,14?,15?,16-/m1/s1. The molecule has 2 N–H and O–H groups in total. The molecular formula is C17H34O4Si. The van der Waals surface area contributed by atoms with Crippen LogP contribution in [0.1, 0.15) is 40.5 Å². The maximum absolute atomic E-state index is 9.70. The summed E-state index contributed by atoms with van der Waals surface area (Å²) >= 11 is 0. The van der Waals surface area contributed by atoms with Gasteiger partial charge < -0.3 is 19.4 Å². The molecule has 1 heterocycles. The van der Waals surface area contributed by atoms with E-state index in [1.54, 1.807) is 0 Å². The van der Waals surface area contributed by atoms with Crippen molar-refractivity contribution >= 4 is 8.32 Å². The first kappa shape index (κ1) is 19.8. The Hall–Kier alpha value is -0.203. The number of hydrogen-bond acceptors (Lipinski definition) is 4. The molecular weight excluding hydrogens is 296 g/mol. The molecule has 1 aliphatic heterocycles. The summed E-state index contributed by atoms with van der Waals surface area (Å²) in [5.74, 6) is 0.297. The molecule has 0 amide bonds. The summed E-state index contributed by atoms with van der Waals surface area (Å²) in [5.41, 5.74) is 0. The van der Waals surface area contributed by atoms with Crippen molar-refractivity contribution in [3.8, 4) is 0 Å². The minimum absolute atomic E-state index is 0.0508. The third-order valence-corrected chi connectivity index (χ3v) is 9.50. The Morgan fingerprint density at radius 1 is 1.27 bits per heavy atom. The summed E-state index contributed by atoms with van der Waals surface area (Å²) in [7, 11) is -1.78. The van der Waals surface area contributed by atoms with E-state index in [0.29, 0.717) is 18.9 Å². The fourth-order valence-electron chi connectivity index (χ4n) is 2.34. The van der Waals surface area contributed by atoms with Crippen LogP contribution in [-0.4, -0.2) is 50.1 Å². The van der Waals surface area contributed by atoms with Crippen molar-refractivity contribution in [2.24, 2.45) is 5.92 Å². The average Bonchev–Trinajstić information content (AvgIpc) is 2.44. The van der Waals surface area contributed by atoms with Gasteiger partial charge in [0.15, 0.2) is 8.32 Å². The molecule has 0 aliphatic carbocycles. The van der Waals surface area contributed by atoms with Gasteiger partial charge in [-0.1, -0.05) is 39.8 Å². The van der Waals surface area contributed by atoms with Crippen molar-refractivity contribution in [1.82, 2.24) is 0 Å². The Labute approximate surface area is 136 Å². The quantitative estimate of drug-likeness (QED) is 0.556. The molecule has 0 aromatic heterocycles. The third-order valence-electron chi connectivity index (χ3n) is 5.00. The van der Waals surface area contributed by atoms with Gasteiger partial charge in [-0.2, -0.15) is 0 Å². The zero-order chi connectivity index (χ0) is 17.0. The van der Waals surface area contributed by atoms with Crippen LogP contribution in [0.25, 0.3) is 0 Å². The summed E-state index contributed by atoms with van der Waals surface area (Å²) in [6.45, 7) is 13.6. The SMILES string of the molecule is CC[C@@H]1C=CC(CO[Si](C)(C)C(C)(C)C)O[C@@H]1CC(O)CO. The van der Waals surface area contributed by atoms with Gasteiger partial charge in [-0.15, -0.1) is 0 Å². The van der Waals surface area contributed by atoms with Crippen LogP contribution < -0.4 is 0 Å². The van der Waals surface area contributed by atoms with E-state index in [4.69, 9.17) is 14.3 Å². The number of aliphatic hydroxyl groups excluding tert-OH is 2. The Morgan fingerprint density at radius 2 is 1.91 bits per heavy atom. The highest BCUT2D eigenvalue weighted by Gasteiger charge is 2.38. The van der Waals surface area contributed by atoms with Crippen LogP contribution >= 0.6 is 0 Å². The Morgan fingerprint density at radius 3 is 2.41 bits per heavy atom.